The first-order chi connectivity index (χ1) is 13.6. The van der Waals surface area contributed by atoms with Gasteiger partial charge in [-0.1, -0.05) is 0 Å². The van der Waals surface area contributed by atoms with Crippen LogP contribution in [0.1, 0.15) is 19.4 Å². The molecule has 10 nitrogen and oxygen atoms in total. The number of nitrogens with zero attached hydrogens (tertiary/aromatic N) is 7. The van der Waals surface area contributed by atoms with Crippen LogP contribution >= 0.6 is 0 Å². The number of nitrogen functional groups attached to an aromatic ring is 1. The number of aliphatic hydroxyl groups excluding tert-OH is 1. The van der Waals surface area contributed by atoms with Gasteiger partial charge in [0.15, 0.2) is 5.65 Å². The normalized spacial score (nSPS) is 22.7. The Bertz CT molecular complexity index is 993. The van der Waals surface area contributed by atoms with Crippen molar-refractivity contribution in [3.8, 4) is 11.3 Å². The van der Waals surface area contributed by atoms with Gasteiger partial charge < -0.3 is 20.5 Å². The second-order valence-corrected chi connectivity index (χ2v) is 7.52. The number of hydrogen-bond acceptors (Lipinski definition) is 9. The third-order valence-electron chi connectivity index (χ3n) is 5.42. The van der Waals surface area contributed by atoms with Gasteiger partial charge in [0, 0.05) is 37.0 Å². The van der Waals surface area contributed by atoms with E-state index >= 15 is 0 Å². The SMILES string of the molecule is CC(CO)n1ncc2c(-c3cnc(N)nc3)nc(N3CC4COC(C4)C3)nc21. The summed E-state index contributed by atoms with van der Waals surface area (Å²) in [5.41, 5.74) is 7.77. The maximum atomic E-state index is 9.61. The molecule has 2 bridgehead atoms. The van der Waals surface area contributed by atoms with Gasteiger partial charge in [-0.05, 0) is 13.3 Å². The Morgan fingerprint density at radius 1 is 1.25 bits per heavy atom. The van der Waals surface area contributed by atoms with E-state index in [9.17, 15) is 5.11 Å². The molecule has 3 aromatic rings. The van der Waals surface area contributed by atoms with Crippen molar-refractivity contribution in [3.63, 3.8) is 0 Å². The summed E-state index contributed by atoms with van der Waals surface area (Å²) in [5, 5.41) is 14.8. The maximum Gasteiger partial charge on any atom is 0.228 e. The van der Waals surface area contributed by atoms with Crippen LogP contribution in [0.3, 0.4) is 0 Å². The minimum atomic E-state index is -0.198. The number of ether oxygens (including phenoxy) is 1. The van der Waals surface area contributed by atoms with E-state index in [-0.39, 0.29) is 24.7 Å². The zero-order chi connectivity index (χ0) is 19.3. The van der Waals surface area contributed by atoms with Crippen molar-refractivity contribution < 1.29 is 9.84 Å². The van der Waals surface area contributed by atoms with E-state index in [4.69, 9.17) is 20.4 Å². The molecule has 5 rings (SSSR count). The molecule has 3 aromatic heterocycles. The van der Waals surface area contributed by atoms with Gasteiger partial charge in [0.2, 0.25) is 11.9 Å². The number of nitrogens with two attached hydrogens (primary N) is 1. The smallest absolute Gasteiger partial charge is 0.228 e. The van der Waals surface area contributed by atoms with Crippen LogP contribution in [0, 0.1) is 5.92 Å². The van der Waals surface area contributed by atoms with Crippen molar-refractivity contribution in [1.82, 2.24) is 29.7 Å². The van der Waals surface area contributed by atoms with Crippen molar-refractivity contribution in [2.45, 2.75) is 25.5 Å². The summed E-state index contributed by atoms with van der Waals surface area (Å²) >= 11 is 0. The van der Waals surface area contributed by atoms with Crippen LogP contribution in [0.25, 0.3) is 22.3 Å². The van der Waals surface area contributed by atoms with Crippen molar-refractivity contribution in [2.75, 3.05) is 36.9 Å². The van der Waals surface area contributed by atoms with Crippen LogP contribution in [-0.2, 0) is 4.74 Å². The molecule has 3 atom stereocenters. The molecule has 0 spiro atoms. The lowest BCUT2D eigenvalue weighted by molar-refractivity contribution is 0.119. The number of anilines is 2. The Balaban J connectivity index is 1.66. The third-order valence-corrected chi connectivity index (χ3v) is 5.42. The molecule has 5 heterocycles. The molecule has 2 saturated heterocycles. The van der Waals surface area contributed by atoms with Crippen molar-refractivity contribution in [3.05, 3.63) is 18.6 Å². The van der Waals surface area contributed by atoms with E-state index in [0.29, 0.717) is 23.2 Å². The Labute approximate surface area is 161 Å². The van der Waals surface area contributed by atoms with Crippen LogP contribution < -0.4 is 10.6 Å². The highest BCUT2D eigenvalue weighted by molar-refractivity contribution is 5.91. The average Bonchev–Trinajstić information content (AvgIpc) is 3.29. The van der Waals surface area contributed by atoms with Crippen LogP contribution in [0.2, 0.25) is 0 Å². The zero-order valence-electron chi connectivity index (χ0n) is 15.6. The summed E-state index contributed by atoms with van der Waals surface area (Å²) < 4.78 is 7.56. The topological polar surface area (TPSA) is 128 Å². The monoisotopic (exact) mass is 382 g/mol. The highest BCUT2D eigenvalue weighted by atomic mass is 16.5. The van der Waals surface area contributed by atoms with Gasteiger partial charge >= 0.3 is 0 Å². The molecule has 3 unspecified atom stereocenters. The molecule has 0 aromatic carbocycles. The van der Waals surface area contributed by atoms with Gasteiger partial charge in [-0.15, -0.1) is 0 Å². The van der Waals surface area contributed by atoms with Gasteiger partial charge in [-0.25, -0.2) is 19.6 Å². The molecule has 10 heteroatoms. The number of aliphatic hydroxyl groups is 1. The molecule has 0 aliphatic carbocycles. The summed E-state index contributed by atoms with van der Waals surface area (Å²) in [5.74, 6) is 1.35. The van der Waals surface area contributed by atoms with Gasteiger partial charge in [-0.3, -0.25) is 0 Å². The van der Waals surface area contributed by atoms with E-state index in [2.05, 4.69) is 20.0 Å². The predicted octanol–water partition coefficient (Wildman–Crippen LogP) is 0.644. The van der Waals surface area contributed by atoms with Gasteiger partial charge in [0.25, 0.3) is 0 Å². The molecular formula is C18H22N8O2. The van der Waals surface area contributed by atoms with Crippen LogP contribution in [0.15, 0.2) is 18.6 Å². The summed E-state index contributed by atoms with van der Waals surface area (Å²) in [6.07, 6.45) is 6.35. The van der Waals surface area contributed by atoms with Crippen LogP contribution in [-0.4, -0.2) is 67.2 Å². The van der Waals surface area contributed by atoms with Crippen molar-refractivity contribution in [2.24, 2.45) is 5.92 Å². The lowest BCUT2D eigenvalue weighted by Crippen LogP contribution is -2.40. The molecule has 2 aliphatic rings. The molecule has 2 aliphatic heterocycles. The number of piperidine rings is 1. The fourth-order valence-electron chi connectivity index (χ4n) is 3.97. The van der Waals surface area contributed by atoms with Crippen molar-refractivity contribution in [1.29, 1.82) is 0 Å². The summed E-state index contributed by atoms with van der Waals surface area (Å²) in [6.45, 7) is 4.29. The third kappa shape index (κ3) is 2.85. The minimum absolute atomic E-state index is 0.0296. The average molecular weight is 382 g/mol. The molecular weight excluding hydrogens is 360 g/mol. The second kappa shape index (κ2) is 6.64. The van der Waals surface area contributed by atoms with E-state index in [1.165, 1.54) is 0 Å². The number of fused-ring (bicyclic) bond motifs is 3. The Morgan fingerprint density at radius 2 is 2.07 bits per heavy atom. The lowest BCUT2D eigenvalue weighted by atomic mass is 10.0. The fourth-order valence-corrected chi connectivity index (χ4v) is 3.97. The highest BCUT2D eigenvalue weighted by Gasteiger charge is 2.35. The highest BCUT2D eigenvalue weighted by Crippen LogP contribution is 2.32. The molecule has 0 saturated carbocycles. The Morgan fingerprint density at radius 3 is 2.82 bits per heavy atom. The summed E-state index contributed by atoms with van der Waals surface area (Å²) in [4.78, 5) is 20.0. The quantitative estimate of drug-likeness (QED) is 0.668. The maximum absolute atomic E-state index is 9.61. The zero-order valence-corrected chi connectivity index (χ0v) is 15.6. The number of rotatable bonds is 4. The van der Waals surface area contributed by atoms with Gasteiger partial charge in [-0.2, -0.15) is 10.1 Å². The first-order valence-corrected chi connectivity index (χ1v) is 9.43. The molecule has 0 radical (unpaired) electrons. The van der Waals surface area contributed by atoms with E-state index < -0.39 is 0 Å². The van der Waals surface area contributed by atoms with E-state index in [0.717, 1.165) is 37.1 Å². The lowest BCUT2D eigenvalue weighted by Gasteiger charge is -2.30. The largest absolute Gasteiger partial charge is 0.394 e. The van der Waals surface area contributed by atoms with Gasteiger partial charge in [0.05, 0.1) is 42.6 Å². The molecule has 0 amide bonds. The molecule has 146 valence electrons. The Hall–Kier alpha value is -2.85. The number of hydrogen-bond donors (Lipinski definition) is 2. The van der Waals surface area contributed by atoms with E-state index in [1.54, 1.807) is 23.3 Å². The second-order valence-electron chi connectivity index (χ2n) is 7.52. The standard InChI is InChI=1S/C18H22N8O2/c1-10(8-27)26-16-14(5-22-26)15(12-3-20-17(19)21-4-12)23-18(24-16)25-6-11-2-13(7-25)28-9-11/h3-5,10-11,13,27H,2,6-9H2,1H3,(H2,19,20,21). The summed E-state index contributed by atoms with van der Waals surface area (Å²) in [7, 11) is 0. The van der Waals surface area contributed by atoms with Crippen molar-refractivity contribution >= 4 is 22.9 Å². The molecule has 3 N–H and O–H groups in total. The first-order valence-electron chi connectivity index (χ1n) is 9.43. The van der Waals surface area contributed by atoms with Crippen LogP contribution in [0.4, 0.5) is 11.9 Å². The predicted molar refractivity (Wildman–Crippen MR) is 103 cm³/mol. The fraction of sp³-hybridized carbons (Fsp3) is 0.500. The van der Waals surface area contributed by atoms with Crippen LogP contribution in [0.5, 0.6) is 0 Å². The molecule has 2 fully saturated rings. The Kier molecular flexibility index (Phi) is 4.09. The minimum Gasteiger partial charge on any atom is -0.394 e. The number of aromatic nitrogens is 6. The van der Waals surface area contributed by atoms with E-state index in [1.807, 2.05) is 6.92 Å². The molecule has 28 heavy (non-hydrogen) atoms. The van der Waals surface area contributed by atoms with Gasteiger partial charge in [0.1, 0.15) is 0 Å². The first kappa shape index (κ1) is 17.3. The summed E-state index contributed by atoms with van der Waals surface area (Å²) in [6, 6.07) is -0.198.